The first-order valence-corrected chi connectivity index (χ1v) is 6.90. The van der Waals surface area contributed by atoms with Gasteiger partial charge in [0.25, 0.3) is 5.91 Å². The van der Waals surface area contributed by atoms with Crippen LogP contribution < -0.4 is 10.6 Å². The molecule has 0 aliphatic rings. The third-order valence-corrected chi connectivity index (χ3v) is 3.29. The summed E-state index contributed by atoms with van der Waals surface area (Å²) in [5, 5.41) is 5.81. The van der Waals surface area contributed by atoms with Crippen molar-refractivity contribution in [2.45, 2.75) is 6.92 Å². The molecule has 0 aliphatic carbocycles. The summed E-state index contributed by atoms with van der Waals surface area (Å²) < 4.78 is 1.13. The zero-order chi connectivity index (χ0) is 13.8. The number of rotatable bonds is 3. The fraction of sp³-hybridized carbons (Fsp3) is 0.143. The highest BCUT2D eigenvalue weighted by atomic mass is 127. The number of benzene rings is 1. The van der Waals surface area contributed by atoms with E-state index in [0.29, 0.717) is 11.4 Å². The number of carbonyl (C=O) groups excluding carboxylic acids is 1. The molecule has 0 unspecified atom stereocenters. The van der Waals surface area contributed by atoms with Crippen LogP contribution in [0.3, 0.4) is 0 Å². The Morgan fingerprint density at radius 2 is 1.89 bits per heavy atom. The number of nitrogens with zero attached hydrogens (tertiary/aromatic N) is 1. The SMILES string of the molecule is CNc1cc(C(=O)Nc2ccc(I)cc2)cc(C)n1. The lowest BCUT2D eigenvalue weighted by atomic mass is 10.2. The summed E-state index contributed by atoms with van der Waals surface area (Å²) in [5.74, 6) is 0.552. The molecule has 1 aromatic carbocycles. The average molecular weight is 367 g/mol. The molecule has 19 heavy (non-hydrogen) atoms. The summed E-state index contributed by atoms with van der Waals surface area (Å²) in [6, 6.07) is 11.2. The van der Waals surface area contributed by atoms with E-state index in [1.54, 1.807) is 19.2 Å². The quantitative estimate of drug-likeness (QED) is 0.819. The first kappa shape index (κ1) is 13.8. The van der Waals surface area contributed by atoms with Crippen molar-refractivity contribution in [3.63, 3.8) is 0 Å². The van der Waals surface area contributed by atoms with E-state index in [2.05, 4.69) is 38.2 Å². The molecule has 2 N–H and O–H groups in total. The molecule has 0 atom stereocenters. The number of carbonyl (C=O) groups is 1. The minimum Gasteiger partial charge on any atom is -0.373 e. The van der Waals surface area contributed by atoms with E-state index in [1.807, 2.05) is 31.2 Å². The Balaban J connectivity index is 2.20. The van der Waals surface area contributed by atoms with Gasteiger partial charge in [0, 0.05) is 27.6 Å². The van der Waals surface area contributed by atoms with Gasteiger partial charge in [-0.1, -0.05) is 0 Å². The molecule has 1 amide bonds. The van der Waals surface area contributed by atoms with E-state index in [0.717, 1.165) is 15.0 Å². The molecule has 2 aromatic rings. The third-order valence-electron chi connectivity index (χ3n) is 2.57. The number of halogens is 1. The van der Waals surface area contributed by atoms with Gasteiger partial charge in [-0.25, -0.2) is 4.98 Å². The Kier molecular flexibility index (Phi) is 4.36. The molecule has 0 aliphatic heterocycles. The van der Waals surface area contributed by atoms with Crippen LogP contribution in [0.5, 0.6) is 0 Å². The van der Waals surface area contributed by atoms with E-state index in [-0.39, 0.29) is 5.91 Å². The largest absolute Gasteiger partial charge is 0.373 e. The third kappa shape index (κ3) is 3.66. The number of amides is 1. The van der Waals surface area contributed by atoms with Gasteiger partial charge in [-0.15, -0.1) is 0 Å². The van der Waals surface area contributed by atoms with Gasteiger partial charge in [0.1, 0.15) is 5.82 Å². The Morgan fingerprint density at radius 1 is 1.21 bits per heavy atom. The average Bonchev–Trinajstić information content (AvgIpc) is 2.40. The lowest BCUT2D eigenvalue weighted by Crippen LogP contribution is -2.13. The summed E-state index contributed by atoms with van der Waals surface area (Å²) in [5.41, 5.74) is 2.18. The summed E-state index contributed by atoms with van der Waals surface area (Å²) in [7, 11) is 1.78. The zero-order valence-corrected chi connectivity index (χ0v) is 12.9. The molecule has 0 bridgehead atoms. The number of nitrogens with one attached hydrogen (secondary N) is 2. The van der Waals surface area contributed by atoms with Crippen molar-refractivity contribution in [2.75, 3.05) is 17.7 Å². The van der Waals surface area contributed by atoms with Crippen molar-refractivity contribution in [3.05, 3.63) is 51.2 Å². The van der Waals surface area contributed by atoms with E-state index >= 15 is 0 Å². The smallest absolute Gasteiger partial charge is 0.255 e. The predicted molar refractivity (Wildman–Crippen MR) is 85.6 cm³/mol. The van der Waals surface area contributed by atoms with Gasteiger partial charge < -0.3 is 10.6 Å². The Labute approximate surface area is 125 Å². The molecular weight excluding hydrogens is 353 g/mol. The Bertz CT molecular complexity index is 596. The van der Waals surface area contributed by atoms with E-state index in [9.17, 15) is 4.79 Å². The highest BCUT2D eigenvalue weighted by Gasteiger charge is 2.08. The minimum atomic E-state index is -0.136. The molecule has 98 valence electrons. The summed E-state index contributed by atoms with van der Waals surface area (Å²) in [6.45, 7) is 1.86. The molecule has 5 heteroatoms. The summed E-state index contributed by atoms with van der Waals surface area (Å²) >= 11 is 2.23. The van der Waals surface area contributed by atoms with Crippen LogP contribution in [-0.2, 0) is 0 Å². The zero-order valence-electron chi connectivity index (χ0n) is 10.7. The number of hydrogen-bond donors (Lipinski definition) is 2. The molecule has 0 fully saturated rings. The second kappa shape index (κ2) is 6.01. The van der Waals surface area contributed by atoms with Crippen molar-refractivity contribution in [1.82, 2.24) is 4.98 Å². The van der Waals surface area contributed by atoms with E-state index in [1.165, 1.54) is 0 Å². The highest BCUT2D eigenvalue weighted by Crippen LogP contribution is 2.14. The number of aryl methyl sites for hydroxylation is 1. The van der Waals surface area contributed by atoms with Gasteiger partial charge in [-0.3, -0.25) is 4.79 Å². The lowest BCUT2D eigenvalue weighted by molar-refractivity contribution is 0.102. The molecule has 0 saturated heterocycles. The number of pyridine rings is 1. The van der Waals surface area contributed by atoms with Crippen LogP contribution in [0.4, 0.5) is 11.5 Å². The van der Waals surface area contributed by atoms with Crippen LogP contribution in [0.15, 0.2) is 36.4 Å². The van der Waals surface area contributed by atoms with Crippen LogP contribution >= 0.6 is 22.6 Å². The maximum absolute atomic E-state index is 12.2. The van der Waals surface area contributed by atoms with Gasteiger partial charge in [-0.05, 0) is 65.9 Å². The maximum Gasteiger partial charge on any atom is 0.255 e. The fourth-order valence-electron chi connectivity index (χ4n) is 1.66. The minimum absolute atomic E-state index is 0.136. The van der Waals surface area contributed by atoms with E-state index < -0.39 is 0 Å². The number of hydrogen-bond acceptors (Lipinski definition) is 3. The van der Waals surface area contributed by atoms with Gasteiger partial charge in [0.2, 0.25) is 0 Å². The highest BCUT2D eigenvalue weighted by molar-refractivity contribution is 14.1. The summed E-state index contributed by atoms with van der Waals surface area (Å²) in [4.78, 5) is 16.4. The van der Waals surface area contributed by atoms with Crippen LogP contribution in [-0.4, -0.2) is 17.9 Å². The van der Waals surface area contributed by atoms with E-state index in [4.69, 9.17) is 0 Å². The monoisotopic (exact) mass is 367 g/mol. The Morgan fingerprint density at radius 3 is 2.53 bits per heavy atom. The standard InChI is InChI=1S/C14H14IN3O/c1-9-7-10(8-13(16-2)17-9)14(19)18-12-5-3-11(15)4-6-12/h3-8H,1-2H3,(H,16,17)(H,18,19). The van der Waals surface area contributed by atoms with Gasteiger partial charge in [0.15, 0.2) is 0 Å². The molecule has 0 spiro atoms. The molecular formula is C14H14IN3O. The van der Waals surface area contributed by atoms with Gasteiger partial charge in [-0.2, -0.15) is 0 Å². The van der Waals surface area contributed by atoms with Crippen molar-refractivity contribution in [3.8, 4) is 0 Å². The molecule has 1 heterocycles. The van der Waals surface area contributed by atoms with Gasteiger partial charge in [0.05, 0.1) is 0 Å². The first-order chi connectivity index (χ1) is 9.08. The number of aromatic nitrogens is 1. The fourth-order valence-corrected chi connectivity index (χ4v) is 2.02. The normalized spacial score (nSPS) is 10.1. The molecule has 2 rings (SSSR count). The second-order valence-electron chi connectivity index (χ2n) is 4.09. The second-order valence-corrected chi connectivity index (χ2v) is 5.34. The first-order valence-electron chi connectivity index (χ1n) is 5.82. The topological polar surface area (TPSA) is 54.0 Å². The van der Waals surface area contributed by atoms with Crippen LogP contribution in [0.1, 0.15) is 16.1 Å². The lowest BCUT2D eigenvalue weighted by Gasteiger charge is -2.08. The van der Waals surface area contributed by atoms with Crippen molar-refractivity contribution in [2.24, 2.45) is 0 Å². The van der Waals surface area contributed by atoms with Crippen molar-refractivity contribution in [1.29, 1.82) is 0 Å². The molecule has 1 aromatic heterocycles. The van der Waals surface area contributed by atoms with Crippen LogP contribution in [0.2, 0.25) is 0 Å². The Hall–Kier alpha value is -1.63. The van der Waals surface area contributed by atoms with Crippen molar-refractivity contribution < 1.29 is 4.79 Å². The molecule has 0 saturated carbocycles. The number of anilines is 2. The molecule has 0 radical (unpaired) electrons. The van der Waals surface area contributed by atoms with Gasteiger partial charge >= 0.3 is 0 Å². The predicted octanol–water partition coefficient (Wildman–Crippen LogP) is 3.29. The van der Waals surface area contributed by atoms with Crippen LogP contribution in [0.25, 0.3) is 0 Å². The van der Waals surface area contributed by atoms with Crippen molar-refractivity contribution >= 4 is 40.0 Å². The summed E-state index contributed by atoms with van der Waals surface area (Å²) in [6.07, 6.45) is 0. The maximum atomic E-state index is 12.2. The van der Waals surface area contributed by atoms with Crippen LogP contribution in [0, 0.1) is 10.5 Å². The molecule has 4 nitrogen and oxygen atoms in total.